The van der Waals surface area contributed by atoms with E-state index in [1.54, 1.807) is 0 Å². The lowest BCUT2D eigenvalue weighted by molar-refractivity contribution is 0.0902. The van der Waals surface area contributed by atoms with Gasteiger partial charge in [0.05, 0.1) is 6.54 Å². The Labute approximate surface area is 112 Å². The highest BCUT2D eigenvalue weighted by Crippen LogP contribution is 2.11. The van der Waals surface area contributed by atoms with Crippen molar-refractivity contribution < 1.29 is 14.7 Å². The Morgan fingerprint density at radius 1 is 1.21 bits per heavy atom. The average molecular weight is 262 g/mol. The van der Waals surface area contributed by atoms with E-state index in [-0.39, 0.29) is 11.8 Å². The van der Waals surface area contributed by atoms with Crippen LogP contribution in [0.15, 0.2) is 30.3 Å². The molecule has 0 aliphatic carbocycles. The zero-order valence-corrected chi connectivity index (χ0v) is 10.7. The number of carbonyl (C=O) groups is 2. The Kier molecular flexibility index (Phi) is 4.52. The van der Waals surface area contributed by atoms with Crippen LogP contribution in [-0.2, 0) is 0 Å². The zero-order chi connectivity index (χ0) is 13.7. The maximum atomic E-state index is 12.0. The number of ketones is 1. The second-order valence-corrected chi connectivity index (χ2v) is 4.79. The number of likely N-dealkylation sites (tertiary alicyclic amines) is 1. The lowest BCUT2D eigenvalue weighted by Crippen LogP contribution is -2.45. The van der Waals surface area contributed by atoms with Gasteiger partial charge >= 0.3 is 6.09 Å². The van der Waals surface area contributed by atoms with Crippen LogP contribution in [0.3, 0.4) is 0 Å². The van der Waals surface area contributed by atoms with Crippen molar-refractivity contribution in [3.05, 3.63) is 35.9 Å². The number of hydrogen-bond acceptors (Lipinski definition) is 3. The van der Waals surface area contributed by atoms with Crippen LogP contribution in [0.1, 0.15) is 23.2 Å². The molecule has 2 rings (SSSR count). The molecule has 2 N–H and O–H groups in total. The van der Waals surface area contributed by atoms with E-state index in [2.05, 4.69) is 10.2 Å². The predicted molar refractivity (Wildman–Crippen MR) is 71.4 cm³/mol. The Balaban J connectivity index is 1.80. The average Bonchev–Trinajstić information content (AvgIpc) is 2.41. The Morgan fingerprint density at radius 3 is 2.42 bits per heavy atom. The van der Waals surface area contributed by atoms with Gasteiger partial charge in [-0.25, -0.2) is 4.79 Å². The van der Waals surface area contributed by atoms with Gasteiger partial charge in [0.2, 0.25) is 0 Å². The summed E-state index contributed by atoms with van der Waals surface area (Å²) in [5, 5.41) is 11.1. The van der Waals surface area contributed by atoms with Crippen molar-refractivity contribution in [3.8, 4) is 0 Å². The third kappa shape index (κ3) is 4.06. The first kappa shape index (κ1) is 13.5. The molecule has 1 amide bonds. The molecule has 0 atom stereocenters. The first-order valence-corrected chi connectivity index (χ1v) is 6.45. The molecule has 1 aliphatic rings. The molecule has 0 unspecified atom stereocenters. The van der Waals surface area contributed by atoms with E-state index in [4.69, 9.17) is 5.11 Å². The molecule has 0 bridgehead atoms. The van der Waals surface area contributed by atoms with Crippen LogP contribution in [0.2, 0.25) is 0 Å². The second kappa shape index (κ2) is 6.33. The minimum Gasteiger partial charge on any atom is -0.465 e. The molecule has 1 aliphatic heterocycles. The van der Waals surface area contributed by atoms with Crippen LogP contribution >= 0.6 is 0 Å². The van der Waals surface area contributed by atoms with Gasteiger partial charge in [0.15, 0.2) is 5.78 Å². The summed E-state index contributed by atoms with van der Waals surface area (Å²) < 4.78 is 0. The van der Waals surface area contributed by atoms with Crippen LogP contribution in [0.5, 0.6) is 0 Å². The van der Waals surface area contributed by atoms with E-state index in [0.717, 1.165) is 31.5 Å². The molecule has 0 saturated carbocycles. The topological polar surface area (TPSA) is 69.6 Å². The highest BCUT2D eigenvalue weighted by atomic mass is 16.4. The third-order valence-electron chi connectivity index (χ3n) is 3.38. The van der Waals surface area contributed by atoms with Crippen LogP contribution in [0, 0.1) is 0 Å². The highest BCUT2D eigenvalue weighted by Gasteiger charge is 2.22. The highest BCUT2D eigenvalue weighted by molar-refractivity contribution is 5.97. The van der Waals surface area contributed by atoms with Gasteiger partial charge in [-0.15, -0.1) is 0 Å². The fourth-order valence-electron chi connectivity index (χ4n) is 2.33. The maximum absolute atomic E-state index is 12.0. The minimum atomic E-state index is -0.973. The lowest BCUT2D eigenvalue weighted by Gasteiger charge is -2.31. The molecule has 1 aromatic rings. The van der Waals surface area contributed by atoms with E-state index >= 15 is 0 Å². The normalized spacial score (nSPS) is 17.1. The number of carbonyl (C=O) groups excluding carboxylic acids is 1. The first-order chi connectivity index (χ1) is 9.15. The first-order valence-electron chi connectivity index (χ1n) is 6.45. The number of nitrogens with one attached hydrogen (secondary N) is 1. The minimum absolute atomic E-state index is 0.0144. The summed E-state index contributed by atoms with van der Waals surface area (Å²) in [6.07, 6.45) is 0.543. The fraction of sp³-hybridized carbons (Fsp3) is 0.429. The van der Waals surface area contributed by atoms with Gasteiger partial charge in [0, 0.05) is 24.7 Å². The molecule has 0 aromatic heterocycles. The zero-order valence-electron chi connectivity index (χ0n) is 10.7. The largest absolute Gasteiger partial charge is 0.465 e. The molecule has 102 valence electrons. The van der Waals surface area contributed by atoms with Gasteiger partial charge in [-0.2, -0.15) is 0 Å². The van der Waals surface area contributed by atoms with E-state index in [1.165, 1.54) is 0 Å². The van der Waals surface area contributed by atoms with E-state index in [9.17, 15) is 9.59 Å². The predicted octanol–water partition coefficient (Wildman–Crippen LogP) is 1.60. The number of piperidine rings is 1. The van der Waals surface area contributed by atoms with Crippen molar-refractivity contribution in [1.29, 1.82) is 0 Å². The molecule has 1 fully saturated rings. The second-order valence-electron chi connectivity index (χ2n) is 4.79. The van der Waals surface area contributed by atoms with Gasteiger partial charge in [0.25, 0.3) is 0 Å². The van der Waals surface area contributed by atoms with Gasteiger partial charge in [-0.05, 0) is 12.8 Å². The summed E-state index contributed by atoms with van der Waals surface area (Å²) in [6.45, 7) is 1.91. The maximum Gasteiger partial charge on any atom is 0.404 e. The molecule has 1 heterocycles. The van der Waals surface area contributed by atoms with Crippen LogP contribution < -0.4 is 5.32 Å². The monoisotopic (exact) mass is 262 g/mol. The van der Waals surface area contributed by atoms with Crippen molar-refractivity contribution in [2.24, 2.45) is 0 Å². The van der Waals surface area contributed by atoms with Crippen molar-refractivity contribution >= 4 is 11.9 Å². The van der Waals surface area contributed by atoms with Crippen LogP contribution in [0.25, 0.3) is 0 Å². The standard InChI is InChI=1S/C14H18N2O3/c17-13(11-4-2-1-3-5-11)10-16-8-6-12(7-9-16)15-14(18)19/h1-5,12,15H,6-10H2,(H,18,19). The number of hydrogen-bond donors (Lipinski definition) is 2. The molecule has 5 nitrogen and oxygen atoms in total. The van der Waals surface area contributed by atoms with E-state index in [1.807, 2.05) is 30.3 Å². The van der Waals surface area contributed by atoms with Gasteiger partial charge in [0.1, 0.15) is 0 Å². The van der Waals surface area contributed by atoms with Crippen molar-refractivity contribution in [2.75, 3.05) is 19.6 Å². The summed E-state index contributed by atoms with van der Waals surface area (Å²) in [7, 11) is 0. The number of Topliss-reactive ketones (excluding diaryl/α,β-unsaturated/α-hetero) is 1. The Bertz CT molecular complexity index is 439. The molecule has 0 radical (unpaired) electrons. The third-order valence-corrected chi connectivity index (χ3v) is 3.38. The summed E-state index contributed by atoms with van der Waals surface area (Å²) in [6, 6.07) is 9.26. The summed E-state index contributed by atoms with van der Waals surface area (Å²) in [5.74, 6) is 0.116. The number of nitrogens with zero attached hydrogens (tertiary/aromatic N) is 1. The fourth-order valence-corrected chi connectivity index (χ4v) is 2.33. The quantitative estimate of drug-likeness (QED) is 0.809. The molecule has 0 spiro atoms. The Morgan fingerprint density at radius 2 is 1.84 bits per heavy atom. The number of rotatable bonds is 4. The summed E-state index contributed by atoms with van der Waals surface area (Å²) in [5.41, 5.74) is 0.730. The number of carboxylic acid groups (broad SMARTS) is 1. The Hall–Kier alpha value is -1.88. The molecule has 1 saturated heterocycles. The van der Waals surface area contributed by atoms with E-state index in [0.29, 0.717) is 6.54 Å². The smallest absolute Gasteiger partial charge is 0.404 e. The molecule has 5 heteroatoms. The molecule has 1 aromatic carbocycles. The van der Waals surface area contributed by atoms with Gasteiger partial charge in [-0.1, -0.05) is 30.3 Å². The molecular formula is C14H18N2O3. The van der Waals surface area contributed by atoms with E-state index < -0.39 is 6.09 Å². The van der Waals surface area contributed by atoms with Crippen molar-refractivity contribution in [3.63, 3.8) is 0 Å². The lowest BCUT2D eigenvalue weighted by atomic mass is 10.0. The SMILES string of the molecule is O=C(O)NC1CCN(CC(=O)c2ccccc2)CC1. The summed E-state index contributed by atoms with van der Waals surface area (Å²) >= 11 is 0. The molecular weight excluding hydrogens is 244 g/mol. The van der Waals surface area contributed by atoms with Gasteiger partial charge in [-0.3, -0.25) is 9.69 Å². The summed E-state index contributed by atoms with van der Waals surface area (Å²) in [4.78, 5) is 24.6. The number of benzene rings is 1. The van der Waals surface area contributed by atoms with Crippen LogP contribution in [-0.4, -0.2) is 47.6 Å². The van der Waals surface area contributed by atoms with Crippen LogP contribution in [0.4, 0.5) is 4.79 Å². The van der Waals surface area contributed by atoms with Gasteiger partial charge < -0.3 is 10.4 Å². The molecule has 19 heavy (non-hydrogen) atoms. The van der Waals surface area contributed by atoms with Crippen molar-refractivity contribution in [1.82, 2.24) is 10.2 Å². The van der Waals surface area contributed by atoms with Crippen molar-refractivity contribution in [2.45, 2.75) is 18.9 Å². The number of amides is 1.